The number of phosphoric acid groups is 1. The molecule has 0 heterocycles. The highest BCUT2D eigenvalue weighted by Crippen LogP contribution is 2.38. The van der Waals surface area contributed by atoms with Crippen molar-refractivity contribution in [1.29, 1.82) is 0 Å². The summed E-state index contributed by atoms with van der Waals surface area (Å²) in [6.45, 7) is 4.73. The number of amides is 1. The van der Waals surface area contributed by atoms with E-state index in [4.69, 9.17) is 9.05 Å². The predicted molar refractivity (Wildman–Crippen MR) is 321 cm³/mol. The van der Waals surface area contributed by atoms with Gasteiger partial charge in [0.05, 0.1) is 39.9 Å². The van der Waals surface area contributed by atoms with Crippen LogP contribution in [0.3, 0.4) is 0 Å². The van der Waals surface area contributed by atoms with Gasteiger partial charge in [-0.1, -0.05) is 308 Å². The molecule has 0 aromatic heterocycles. The van der Waals surface area contributed by atoms with Crippen LogP contribution < -0.4 is 10.2 Å². The monoisotopic (exact) mass is 1060 g/mol. The molecule has 0 saturated heterocycles. The molecule has 0 rings (SSSR count). The maximum atomic E-state index is 13.0. The summed E-state index contributed by atoms with van der Waals surface area (Å²) in [7, 11) is 1.32. The highest BCUT2D eigenvalue weighted by Gasteiger charge is 2.24. The van der Waals surface area contributed by atoms with Crippen molar-refractivity contribution in [3.8, 4) is 0 Å². The van der Waals surface area contributed by atoms with Gasteiger partial charge in [0.2, 0.25) is 5.91 Å². The second-order valence-electron chi connectivity index (χ2n) is 23.8. The van der Waals surface area contributed by atoms with Gasteiger partial charge in [-0.05, 0) is 44.9 Å². The first-order valence-corrected chi connectivity index (χ1v) is 34.1. The van der Waals surface area contributed by atoms with Crippen molar-refractivity contribution < 1.29 is 32.9 Å². The molecule has 0 fully saturated rings. The smallest absolute Gasteiger partial charge is 0.268 e. The molecule has 0 bridgehead atoms. The molecule has 0 radical (unpaired) electrons. The first-order valence-electron chi connectivity index (χ1n) is 32.7. The standard InChI is InChI=1S/C65H129N2O6P/c1-6-8-10-12-14-16-18-19-20-21-22-23-24-25-26-27-28-29-30-31-32-33-34-35-36-37-38-39-40-41-42-43-44-45-46-47-49-51-53-55-57-59-65(69)66-63(62-73-74(70,71)72-61-60-67(3,4)5)64(68)58-56-54-52-50-48-17-15-13-11-9-7-2/h18-19,21-22,63-64,68H,6-17,20,23-62H2,1-5H3,(H-,66,69,70,71)/b19-18-,22-21-. The van der Waals surface area contributed by atoms with Gasteiger partial charge in [-0.3, -0.25) is 9.36 Å². The van der Waals surface area contributed by atoms with Crippen molar-refractivity contribution in [2.75, 3.05) is 40.9 Å². The fourth-order valence-corrected chi connectivity index (χ4v) is 10.8. The average molecular weight is 1070 g/mol. The lowest BCUT2D eigenvalue weighted by molar-refractivity contribution is -0.870. The zero-order valence-electron chi connectivity index (χ0n) is 50.3. The molecule has 1 amide bonds. The zero-order valence-corrected chi connectivity index (χ0v) is 51.2. The lowest BCUT2D eigenvalue weighted by Crippen LogP contribution is -2.46. The molecule has 0 aliphatic carbocycles. The second-order valence-corrected chi connectivity index (χ2v) is 25.2. The number of nitrogens with zero attached hydrogens (tertiary/aromatic N) is 1. The number of aliphatic hydroxyl groups excluding tert-OH is 1. The van der Waals surface area contributed by atoms with Gasteiger partial charge in [0.1, 0.15) is 13.2 Å². The molecule has 440 valence electrons. The summed E-state index contributed by atoms with van der Waals surface area (Å²) in [5.41, 5.74) is 0. The van der Waals surface area contributed by atoms with Gasteiger partial charge in [0.25, 0.3) is 7.82 Å². The summed E-state index contributed by atoms with van der Waals surface area (Å²) in [6.07, 6.45) is 72.7. The summed E-state index contributed by atoms with van der Waals surface area (Å²) in [4.78, 5) is 25.5. The summed E-state index contributed by atoms with van der Waals surface area (Å²) < 4.78 is 23.4. The summed E-state index contributed by atoms with van der Waals surface area (Å²) in [6, 6.07) is -0.796. The first kappa shape index (κ1) is 73.0. The predicted octanol–water partition coefficient (Wildman–Crippen LogP) is 19.7. The third kappa shape index (κ3) is 58.7. The average Bonchev–Trinajstić information content (AvgIpc) is 3.36. The molecule has 0 saturated carbocycles. The molecular formula is C65H129N2O6P. The van der Waals surface area contributed by atoms with E-state index in [1.165, 1.54) is 263 Å². The van der Waals surface area contributed by atoms with Crippen molar-refractivity contribution in [3.05, 3.63) is 24.3 Å². The summed E-state index contributed by atoms with van der Waals surface area (Å²) in [5.74, 6) is -0.159. The van der Waals surface area contributed by atoms with E-state index in [0.717, 1.165) is 44.9 Å². The Hall–Kier alpha value is -1.02. The van der Waals surface area contributed by atoms with E-state index < -0.39 is 20.0 Å². The maximum absolute atomic E-state index is 13.0. The fourth-order valence-electron chi connectivity index (χ4n) is 10.1. The Morgan fingerprint density at radius 3 is 1.12 bits per heavy atom. The van der Waals surface area contributed by atoms with Crippen LogP contribution in [0, 0.1) is 0 Å². The highest BCUT2D eigenvalue weighted by atomic mass is 31.2. The van der Waals surface area contributed by atoms with Crippen molar-refractivity contribution in [3.63, 3.8) is 0 Å². The van der Waals surface area contributed by atoms with E-state index in [0.29, 0.717) is 23.9 Å². The number of aliphatic hydroxyl groups is 1. The number of carbonyl (C=O) groups is 1. The number of hydrogen-bond donors (Lipinski definition) is 2. The van der Waals surface area contributed by atoms with Crippen LogP contribution in [0.25, 0.3) is 0 Å². The Morgan fingerprint density at radius 1 is 0.473 bits per heavy atom. The Kier molecular flexibility index (Phi) is 55.9. The van der Waals surface area contributed by atoms with Gasteiger partial charge < -0.3 is 28.8 Å². The van der Waals surface area contributed by atoms with Gasteiger partial charge >= 0.3 is 0 Å². The van der Waals surface area contributed by atoms with Crippen LogP contribution in [0.15, 0.2) is 24.3 Å². The van der Waals surface area contributed by atoms with Gasteiger partial charge in [-0.2, -0.15) is 0 Å². The molecular weight excluding hydrogens is 936 g/mol. The Labute approximate surface area is 462 Å². The van der Waals surface area contributed by atoms with Crippen molar-refractivity contribution >= 4 is 13.7 Å². The fraction of sp³-hybridized carbons (Fsp3) is 0.923. The van der Waals surface area contributed by atoms with Crippen molar-refractivity contribution in [1.82, 2.24) is 5.32 Å². The normalized spacial score (nSPS) is 13.9. The van der Waals surface area contributed by atoms with Gasteiger partial charge in [-0.15, -0.1) is 0 Å². The molecule has 0 aromatic rings. The van der Waals surface area contributed by atoms with Gasteiger partial charge in [0, 0.05) is 6.42 Å². The maximum Gasteiger partial charge on any atom is 0.268 e. The number of hydrogen-bond acceptors (Lipinski definition) is 6. The minimum Gasteiger partial charge on any atom is -0.756 e. The minimum atomic E-state index is -4.56. The first-order chi connectivity index (χ1) is 36.0. The number of unbranched alkanes of at least 4 members (excludes halogenated alkanes) is 44. The molecule has 0 spiro atoms. The molecule has 74 heavy (non-hydrogen) atoms. The second kappa shape index (κ2) is 56.7. The van der Waals surface area contributed by atoms with Gasteiger partial charge in [0.15, 0.2) is 0 Å². The SMILES string of the molecule is CCCCCCC/C=C\C/C=C\CCCCCCCCCCCCCCCCCCCCCCCCCCCCCCCC(=O)NC(COP(=O)([O-])OCC[N+](C)(C)C)C(O)CCCCCCCCCCCCC. The Balaban J connectivity index is 3.76. The van der Waals surface area contributed by atoms with Crippen LogP contribution >= 0.6 is 7.82 Å². The third-order valence-electron chi connectivity index (χ3n) is 15.2. The molecule has 3 atom stereocenters. The van der Waals surface area contributed by atoms with Crippen molar-refractivity contribution in [2.45, 2.75) is 347 Å². The minimum absolute atomic E-state index is 0.0151. The summed E-state index contributed by atoms with van der Waals surface area (Å²) >= 11 is 0. The van der Waals surface area contributed by atoms with E-state index >= 15 is 0 Å². The largest absolute Gasteiger partial charge is 0.756 e. The topological polar surface area (TPSA) is 108 Å². The lowest BCUT2D eigenvalue weighted by atomic mass is 10.0. The number of phosphoric ester groups is 1. The van der Waals surface area contributed by atoms with E-state index in [-0.39, 0.29) is 19.1 Å². The van der Waals surface area contributed by atoms with Crippen LogP contribution in [0.4, 0.5) is 0 Å². The quantitative estimate of drug-likeness (QED) is 0.0272. The Morgan fingerprint density at radius 2 is 0.784 bits per heavy atom. The van der Waals surface area contributed by atoms with E-state index in [1.54, 1.807) is 0 Å². The number of likely N-dealkylation sites (N-methyl/N-ethyl adjacent to an activating group) is 1. The Bertz CT molecular complexity index is 1260. The van der Waals surface area contributed by atoms with E-state index in [9.17, 15) is 19.4 Å². The van der Waals surface area contributed by atoms with Crippen LogP contribution in [0.5, 0.6) is 0 Å². The van der Waals surface area contributed by atoms with E-state index in [1.807, 2.05) is 21.1 Å². The lowest BCUT2D eigenvalue weighted by Gasteiger charge is -2.30. The molecule has 8 nitrogen and oxygen atoms in total. The van der Waals surface area contributed by atoms with Crippen LogP contribution in [0.1, 0.15) is 335 Å². The molecule has 0 aliphatic heterocycles. The molecule has 9 heteroatoms. The molecule has 2 N–H and O–H groups in total. The van der Waals surface area contributed by atoms with Crippen LogP contribution in [-0.2, 0) is 18.4 Å². The number of allylic oxidation sites excluding steroid dienone is 4. The molecule has 0 aromatic carbocycles. The molecule has 0 aliphatic rings. The number of rotatable bonds is 61. The third-order valence-corrected chi connectivity index (χ3v) is 16.2. The van der Waals surface area contributed by atoms with Crippen molar-refractivity contribution in [2.24, 2.45) is 0 Å². The molecule has 3 unspecified atom stereocenters. The number of carbonyl (C=O) groups excluding carboxylic acids is 1. The van der Waals surface area contributed by atoms with Gasteiger partial charge in [-0.25, -0.2) is 0 Å². The highest BCUT2D eigenvalue weighted by molar-refractivity contribution is 7.45. The number of quaternary nitrogens is 1. The van der Waals surface area contributed by atoms with E-state index in [2.05, 4.69) is 43.5 Å². The summed E-state index contributed by atoms with van der Waals surface area (Å²) in [5, 5.41) is 14.0. The van der Waals surface area contributed by atoms with Crippen LogP contribution in [0.2, 0.25) is 0 Å². The zero-order chi connectivity index (χ0) is 54.2. The van der Waals surface area contributed by atoms with Crippen LogP contribution in [-0.4, -0.2) is 68.5 Å². The number of nitrogens with one attached hydrogen (secondary N) is 1.